The molecular formula is C11H23N3O2. The Labute approximate surface area is 97.2 Å². The summed E-state index contributed by atoms with van der Waals surface area (Å²) in [5.74, 6) is -0.817. The number of carboxylic acids is 1. The highest BCUT2D eigenvalue weighted by atomic mass is 16.4. The predicted octanol–water partition coefficient (Wildman–Crippen LogP) is -0.186. The minimum absolute atomic E-state index is 0.180. The smallest absolute Gasteiger partial charge is 0.322 e. The quantitative estimate of drug-likeness (QED) is 0.684. The molecule has 1 atom stereocenters. The van der Waals surface area contributed by atoms with Crippen LogP contribution in [0.25, 0.3) is 0 Å². The number of carboxylic acid groups (broad SMARTS) is 1. The molecule has 94 valence electrons. The highest BCUT2D eigenvalue weighted by molar-refractivity contribution is 5.73. The van der Waals surface area contributed by atoms with E-state index in [0.717, 1.165) is 32.5 Å². The van der Waals surface area contributed by atoms with Gasteiger partial charge in [-0.3, -0.25) is 9.69 Å². The summed E-state index contributed by atoms with van der Waals surface area (Å²) >= 11 is 0. The number of likely N-dealkylation sites (N-methyl/N-ethyl adjacent to an activating group) is 1. The van der Waals surface area contributed by atoms with Gasteiger partial charge in [0.05, 0.1) is 0 Å². The Kier molecular flexibility index (Phi) is 5.18. The van der Waals surface area contributed by atoms with E-state index in [2.05, 4.69) is 11.8 Å². The van der Waals surface area contributed by atoms with E-state index in [9.17, 15) is 4.79 Å². The molecule has 0 aliphatic carbocycles. The Bertz CT molecular complexity index is 227. The maximum Gasteiger partial charge on any atom is 0.322 e. The summed E-state index contributed by atoms with van der Waals surface area (Å²) in [5, 5.41) is 9.04. The molecule has 1 aliphatic rings. The van der Waals surface area contributed by atoms with Crippen LogP contribution in [0.4, 0.5) is 0 Å². The standard InChI is InChI=1S/C11H23N3O2/c1-3-14-6-4-9(5-7-14)13(2)10(8-12)11(15)16/h9-10H,3-8,12H2,1-2H3,(H,15,16). The summed E-state index contributed by atoms with van der Waals surface area (Å²) < 4.78 is 0. The van der Waals surface area contributed by atoms with Gasteiger partial charge in [0.1, 0.15) is 6.04 Å². The second kappa shape index (κ2) is 6.18. The zero-order chi connectivity index (χ0) is 12.1. The van der Waals surface area contributed by atoms with Crippen LogP contribution in [-0.4, -0.2) is 66.2 Å². The average molecular weight is 229 g/mol. The lowest BCUT2D eigenvalue weighted by molar-refractivity contribution is -0.143. The predicted molar refractivity (Wildman–Crippen MR) is 63.4 cm³/mol. The van der Waals surface area contributed by atoms with E-state index in [1.807, 2.05) is 11.9 Å². The van der Waals surface area contributed by atoms with Crippen molar-refractivity contribution in [1.82, 2.24) is 9.80 Å². The minimum Gasteiger partial charge on any atom is -0.480 e. The van der Waals surface area contributed by atoms with E-state index in [0.29, 0.717) is 6.04 Å². The van der Waals surface area contributed by atoms with Crippen LogP contribution in [-0.2, 0) is 4.79 Å². The number of carbonyl (C=O) groups is 1. The fourth-order valence-corrected chi connectivity index (χ4v) is 2.34. The molecule has 1 fully saturated rings. The number of hydrogen-bond acceptors (Lipinski definition) is 4. The molecule has 1 heterocycles. The van der Waals surface area contributed by atoms with Gasteiger partial charge in [0.25, 0.3) is 0 Å². The molecule has 16 heavy (non-hydrogen) atoms. The zero-order valence-corrected chi connectivity index (χ0v) is 10.2. The van der Waals surface area contributed by atoms with Gasteiger partial charge < -0.3 is 15.7 Å². The first kappa shape index (κ1) is 13.4. The van der Waals surface area contributed by atoms with Crippen molar-refractivity contribution in [3.05, 3.63) is 0 Å². The Morgan fingerprint density at radius 1 is 1.56 bits per heavy atom. The van der Waals surface area contributed by atoms with Crippen molar-refractivity contribution in [1.29, 1.82) is 0 Å². The van der Waals surface area contributed by atoms with Crippen molar-refractivity contribution < 1.29 is 9.90 Å². The average Bonchev–Trinajstić information content (AvgIpc) is 2.29. The van der Waals surface area contributed by atoms with Crippen molar-refractivity contribution in [3.63, 3.8) is 0 Å². The molecule has 0 aromatic carbocycles. The maximum atomic E-state index is 11.0. The van der Waals surface area contributed by atoms with Gasteiger partial charge in [-0.1, -0.05) is 6.92 Å². The van der Waals surface area contributed by atoms with Gasteiger partial charge in [-0.25, -0.2) is 0 Å². The van der Waals surface area contributed by atoms with Gasteiger partial charge in [-0.05, 0) is 39.5 Å². The van der Waals surface area contributed by atoms with Gasteiger partial charge >= 0.3 is 5.97 Å². The monoisotopic (exact) mass is 229 g/mol. The van der Waals surface area contributed by atoms with E-state index in [1.165, 1.54) is 0 Å². The lowest BCUT2D eigenvalue weighted by Crippen LogP contribution is -2.52. The molecule has 3 N–H and O–H groups in total. The molecule has 5 nitrogen and oxygen atoms in total. The van der Waals surface area contributed by atoms with Crippen LogP contribution in [0.3, 0.4) is 0 Å². The van der Waals surface area contributed by atoms with E-state index < -0.39 is 12.0 Å². The Balaban J connectivity index is 2.48. The van der Waals surface area contributed by atoms with Crippen molar-refractivity contribution in [2.24, 2.45) is 5.73 Å². The van der Waals surface area contributed by atoms with Crippen molar-refractivity contribution in [2.45, 2.75) is 31.8 Å². The Hall–Kier alpha value is -0.650. The van der Waals surface area contributed by atoms with Crippen LogP contribution in [0.5, 0.6) is 0 Å². The number of piperidine rings is 1. The third-order valence-electron chi connectivity index (χ3n) is 3.58. The normalized spacial score (nSPS) is 21.2. The SMILES string of the molecule is CCN1CCC(N(C)C(CN)C(=O)O)CC1. The molecule has 0 saturated carbocycles. The number of hydrogen-bond donors (Lipinski definition) is 2. The molecule has 0 bridgehead atoms. The molecule has 1 aliphatic heterocycles. The second-order valence-electron chi connectivity index (χ2n) is 4.42. The maximum absolute atomic E-state index is 11.0. The first-order chi connectivity index (χ1) is 7.60. The van der Waals surface area contributed by atoms with Crippen molar-refractivity contribution in [3.8, 4) is 0 Å². The molecule has 1 rings (SSSR count). The molecule has 0 aromatic rings. The summed E-state index contributed by atoms with van der Waals surface area (Å²) in [6.07, 6.45) is 2.07. The summed E-state index contributed by atoms with van der Waals surface area (Å²) in [6.45, 7) is 5.53. The topological polar surface area (TPSA) is 69.8 Å². The second-order valence-corrected chi connectivity index (χ2v) is 4.42. The van der Waals surface area contributed by atoms with Gasteiger partial charge in [-0.15, -0.1) is 0 Å². The van der Waals surface area contributed by atoms with Crippen LogP contribution in [0, 0.1) is 0 Å². The molecule has 0 aromatic heterocycles. The van der Waals surface area contributed by atoms with Crippen LogP contribution in [0.2, 0.25) is 0 Å². The molecule has 1 unspecified atom stereocenters. The zero-order valence-electron chi connectivity index (χ0n) is 10.2. The van der Waals surface area contributed by atoms with Crippen LogP contribution in [0.1, 0.15) is 19.8 Å². The number of nitrogens with zero attached hydrogens (tertiary/aromatic N) is 2. The third-order valence-corrected chi connectivity index (χ3v) is 3.58. The van der Waals surface area contributed by atoms with E-state index in [-0.39, 0.29) is 6.54 Å². The number of rotatable bonds is 5. The summed E-state index contributed by atoms with van der Waals surface area (Å²) in [5.41, 5.74) is 5.50. The van der Waals surface area contributed by atoms with Gasteiger partial charge in [0.2, 0.25) is 0 Å². The molecule has 1 saturated heterocycles. The summed E-state index contributed by atoms with van der Waals surface area (Å²) in [6, 6.07) is -0.189. The molecule has 0 amide bonds. The van der Waals surface area contributed by atoms with E-state index in [1.54, 1.807) is 0 Å². The fourth-order valence-electron chi connectivity index (χ4n) is 2.34. The number of aliphatic carboxylic acids is 1. The van der Waals surface area contributed by atoms with Crippen LogP contribution >= 0.6 is 0 Å². The van der Waals surface area contributed by atoms with Gasteiger partial charge in [0, 0.05) is 12.6 Å². The van der Waals surface area contributed by atoms with Gasteiger partial charge in [0.15, 0.2) is 0 Å². The van der Waals surface area contributed by atoms with Crippen LogP contribution in [0.15, 0.2) is 0 Å². The largest absolute Gasteiger partial charge is 0.480 e. The lowest BCUT2D eigenvalue weighted by Gasteiger charge is -2.38. The number of likely N-dealkylation sites (tertiary alicyclic amines) is 1. The Morgan fingerprint density at radius 3 is 2.50 bits per heavy atom. The van der Waals surface area contributed by atoms with E-state index in [4.69, 9.17) is 10.8 Å². The summed E-state index contributed by atoms with van der Waals surface area (Å²) in [7, 11) is 1.87. The first-order valence-electron chi connectivity index (χ1n) is 5.97. The van der Waals surface area contributed by atoms with Gasteiger partial charge in [-0.2, -0.15) is 0 Å². The molecular weight excluding hydrogens is 206 g/mol. The van der Waals surface area contributed by atoms with Crippen molar-refractivity contribution in [2.75, 3.05) is 33.2 Å². The molecule has 0 spiro atoms. The number of nitrogens with two attached hydrogens (primary N) is 1. The lowest BCUT2D eigenvalue weighted by atomic mass is 10.0. The molecule has 5 heteroatoms. The Morgan fingerprint density at radius 2 is 2.12 bits per heavy atom. The van der Waals surface area contributed by atoms with Crippen LogP contribution < -0.4 is 5.73 Å². The first-order valence-corrected chi connectivity index (χ1v) is 5.97. The minimum atomic E-state index is -0.817. The summed E-state index contributed by atoms with van der Waals surface area (Å²) in [4.78, 5) is 15.3. The highest BCUT2D eigenvalue weighted by Gasteiger charge is 2.29. The van der Waals surface area contributed by atoms with E-state index >= 15 is 0 Å². The third kappa shape index (κ3) is 3.17. The highest BCUT2D eigenvalue weighted by Crippen LogP contribution is 2.16. The van der Waals surface area contributed by atoms with Crippen molar-refractivity contribution >= 4 is 5.97 Å². The fraction of sp³-hybridized carbons (Fsp3) is 0.909. The molecule has 0 radical (unpaired) electrons.